The number of rotatable bonds is 5. The van der Waals surface area contributed by atoms with Gasteiger partial charge >= 0.3 is 6.18 Å². The molecule has 42 heavy (non-hydrogen) atoms. The van der Waals surface area contributed by atoms with Crippen molar-refractivity contribution in [3.8, 4) is 11.1 Å². The smallest absolute Gasteiger partial charge is 0.368 e. The number of hydrogen-bond acceptors (Lipinski definition) is 6. The number of aromatic nitrogens is 2. The second kappa shape index (κ2) is 11.8. The van der Waals surface area contributed by atoms with Crippen LogP contribution in [0.5, 0.6) is 0 Å². The summed E-state index contributed by atoms with van der Waals surface area (Å²) in [5.41, 5.74) is 3.36. The molecule has 0 aliphatic carbocycles. The van der Waals surface area contributed by atoms with Gasteiger partial charge in [0, 0.05) is 73.3 Å². The summed E-state index contributed by atoms with van der Waals surface area (Å²) in [5, 5.41) is 10.5. The Hall–Kier alpha value is -4.41. The molecule has 0 saturated carbocycles. The second-order valence-electron chi connectivity index (χ2n) is 9.87. The minimum Gasteiger partial charge on any atom is -0.368 e. The summed E-state index contributed by atoms with van der Waals surface area (Å²) in [7, 11) is 1.50. The molecule has 3 N–H and O–H groups in total. The molecule has 1 amide bonds. The van der Waals surface area contributed by atoms with Crippen LogP contribution < -0.4 is 20.9 Å². The molecule has 1 fully saturated rings. The van der Waals surface area contributed by atoms with Crippen LogP contribution in [0.25, 0.3) is 32.9 Å². The van der Waals surface area contributed by atoms with Gasteiger partial charge in [-0.3, -0.25) is 14.8 Å². The fourth-order valence-corrected chi connectivity index (χ4v) is 5.21. The predicted octanol–water partition coefficient (Wildman–Crippen LogP) is 6.40. The summed E-state index contributed by atoms with van der Waals surface area (Å²) in [5.74, 6) is -0.409. The molecule has 7 nitrogen and oxygen atoms in total. The Bertz CT molecular complexity index is 1770. The summed E-state index contributed by atoms with van der Waals surface area (Å²) in [6.07, 6.45) is -1.35. The van der Waals surface area contributed by atoms with Crippen LogP contribution in [0.1, 0.15) is 15.9 Å². The number of carbonyl (C=O) groups excluding carboxylic acids is 1. The van der Waals surface area contributed by atoms with E-state index in [1.807, 2.05) is 48.5 Å². The highest BCUT2D eigenvalue weighted by Crippen LogP contribution is 2.40. The monoisotopic (exact) mass is 592 g/mol. The molecule has 11 heteroatoms. The van der Waals surface area contributed by atoms with Crippen molar-refractivity contribution in [3.05, 3.63) is 90.3 Å². The van der Waals surface area contributed by atoms with Gasteiger partial charge in [-0.1, -0.05) is 24.3 Å². The topological polar surface area (TPSA) is 82.2 Å². The summed E-state index contributed by atoms with van der Waals surface area (Å²) in [4.78, 5) is 23.6. The maximum absolute atomic E-state index is 14.2. The third kappa shape index (κ3) is 5.68. The van der Waals surface area contributed by atoms with E-state index in [1.54, 1.807) is 17.2 Å². The maximum Gasteiger partial charge on any atom is 0.418 e. The Morgan fingerprint density at radius 1 is 0.905 bits per heavy atom. The van der Waals surface area contributed by atoms with E-state index in [4.69, 9.17) is 0 Å². The third-order valence-electron chi connectivity index (χ3n) is 7.29. The van der Waals surface area contributed by atoms with Crippen molar-refractivity contribution < 1.29 is 18.0 Å². The molecule has 0 radical (unpaired) electrons. The Morgan fingerprint density at radius 2 is 1.67 bits per heavy atom. The number of piperazine rings is 1. The lowest BCUT2D eigenvalue weighted by atomic mass is 10.0. The molecule has 1 aliphatic rings. The molecular weight excluding hydrogens is 565 g/mol. The number of alkyl halides is 3. The van der Waals surface area contributed by atoms with Crippen molar-refractivity contribution in [1.82, 2.24) is 20.6 Å². The van der Waals surface area contributed by atoms with Gasteiger partial charge in [-0.2, -0.15) is 13.2 Å². The van der Waals surface area contributed by atoms with E-state index >= 15 is 0 Å². The van der Waals surface area contributed by atoms with Crippen molar-refractivity contribution in [2.45, 2.75) is 6.18 Å². The number of amides is 1. The van der Waals surface area contributed by atoms with Gasteiger partial charge in [0.25, 0.3) is 5.91 Å². The van der Waals surface area contributed by atoms with Gasteiger partial charge < -0.3 is 20.9 Å². The van der Waals surface area contributed by atoms with Gasteiger partial charge in [0.05, 0.1) is 27.8 Å². The van der Waals surface area contributed by atoms with Crippen molar-refractivity contribution in [2.24, 2.45) is 0 Å². The highest BCUT2D eigenvalue weighted by molar-refractivity contribution is 6.08. The molecule has 1 saturated heterocycles. The number of hydrogen-bond donors (Lipinski definition) is 3. The summed E-state index contributed by atoms with van der Waals surface area (Å²) in [6, 6.07) is 19.6. The molecule has 5 aromatic rings. The summed E-state index contributed by atoms with van der Waals surface area (Å²) < 4.78 is 42.7. The van der Waals surface area contributed by atoms with E-state index in [9.17, 15) is 18.0 Å². The first-order valence-electron chi connectivity index (χ1n) is 13.3. The van der Waals surface area contributed by atoms with Gasteiger partial charge in [-0.15, -0.1) is 12.4 Å². The molecule has 3 aromatic carbocycles. The Kier molecular flexibility index (Phi) is 8.20. The van der Waals surface area contributed by atoms with Gasteiger partial charge in [-0.05, 0) is 48.0 Å². The zero-order chi connectivity index (χ0) is 28.6. The van der Waals surface area contributed by atoms with Crippen LogP contribution in [0, 0.1) is 0 Å². The van der Waals surface area contributed by atoms with E-state index in [-0.39, 0.29) is 29.3 Å². The Labute approximate surface area is 246 Å². The molecule has 0 bridgehead atoms. The molecule has 0 unspecified atom stereocenters. The second-order valence-corrected chi connectivity index (χ2v) is 9.87. The molecule has 1 aliphatic heterocycles. The summed E-state index contributed by atoms with van der Waals surface area (Å²) in [6.45, 7) is 2.20. The Balaban J connectivity index is 0.00000353. The first-order valence-corrected chi connectivity index (χ1v) is 13.3. The van der Waals surface area contributed by atoms with E-state index in [2.05, 4.69) is 25.9 Å². The molecule has 6 rings (SSSR count). The quantitative estimate of drug-likeness (QED) is 0.219. The normalized spacial score (nSPS) is 13.6. The van der Waals surface area contributed by atoms with Crippen LogP contribution in [-0.2, 0) is 6.18 Å². The maximum atomic E-state index is 14.2. The van der Waals surface area contributed by atoms with Crippen LogP contribution in [0.2, 0.25) is 0 Å². The largest absolute Gasteiger partial charge is 0.418 e. The average Bonchev–Trinajstić information content (AvgIpc) is 3.00. The average molecular weight is 593 g/mol. The zero-order valence-electron chi connectivity index (χ0n) is 22.6. The van der Waals surface area contributed by atoms with Crippen molar-refractivity contribution in [2.75, 3.05) is 43.4 Å². The fraction of sp³-hybridized carbons (Fsp3) is 0.194. The van der Waals surface area contributed by atoms with Crippen LogP contribution in [0.3, 0.4) is 0 Å². The van der Waals surface area contributed by atoms with E-state index < -0.39 is 17.6 Å². The van der Waals surface area contributed by atoms with Crippen LogP contribution in [0.4, 0.5) is 30.2 Å². The first-order chi connectivity index (χ1) is 19.8. The number of anilines is 3. The number of benzene rings is 3. The molecule has 0 atom stereocenters. The lowest BCUT2D eigenvalue weighted by molar-refractivity contribution is -0.137. The number of carbonyl (C=O) groups is 1. The number of nitrogens with one attached hydrogen (secondary N) is 3. The van der Waals surface area contributed by atoms with Gasteiger partial charge in [0.15, 0.2) is 0 Å². The Morgan fingerprint density at radius 3 is 2.43 bits per heavy atom. The van der Waals surface area contributed by atoms with E-state index in [1.165, 1.54) is 19.3 Å². The minimum atomic E-state index is -4.56. The highest BCUT2D eigenvalue weighted by Gasteiger charge is 2.35. The van der Waals surface area contributed by atoms with Gasteiger partial charge in [0.1, 0.15) is 0 Å². The minimum absolute atomic E-state index is 0. The number of fused-ring (bicyclic) bond motifs is 2. The van der Waals surface area contributed by atoms with Crippen LogP contribution >= 0.6 is 12.4 Å². The summed E-state index contributed by atoms with van der Waals surface area (Å²) >= 11 is 0. The molecule has 216 valence electrons. The predicted molar refractivity (Wildman–Crippen MR) is 163 cm³/mol. The fourth-order valence-electron chi connectivity index (χ4n) is 5.21. The zero-order valence-corrected chi connectivity index (χ0v) is 23.4. The highest BCUT2D eigenvalue weighted by atomic mass is 35.5. The van der Waals surface area contributed by atoms with E-state index in [0.29, 0.717) is 42.8 Å². The number of para-hydroxylation sites is 1. The molecular formula is C31H28ClF3N6O. The standard InChI is InChI=1S/C31H27F3N6O.ClH/c1-35-30(41)24-18-38-27-8-6-19(21-14-20-4-2-3-5-26(20)37-17-21)15-23(27)29(24)39-22-7-9-28(25(16-22)31(32,33)34)40-12-10-36-11-13-40;/h2-9,14-18,36H,10-13H2,1H3,(H,35,41)(H,38,39);1H. The molecule has 2 aromatic heterocycles. The van der Waals surface area contributed by atoms with Crippen molar-refractivity contribution >= 4 is 57.2 Å². The van der Waals surface area contributed by atoms with Gasteiger partial charge in [0.2, 0.25) is 0 Å². The van der Waals surface area contributed by atoms with Crippen molar-refractivity contribution in [1.29, 1.82) is 0 Å². The number of pyridine rings is 2. The SMILES string of the molecule is CNC(=O)c1cnc2ccc(-c3cnc4ccccc4c3)cc2c1Nc1ccc(N2CCNCC2)c(C(F)(F)F)c1.Cl. The van der Waals surface area contributed by atoms with Gasteiger partial charge in [-0.25, -0.2) is 0 Å². The molecule has 3 heterocycles. The lowest BCUT2D eigenvalue weighted by Gasteiger charge is -2.31. The van der Waals surface area contributed by atoms with Crippen LogP contribution in [0.15, 0.2) is 79.1 Å². The third-order valence-corrected chi connectivity index (χ3v) is 7.29. The number of nitrogens with zero attached hydrogens (tertiary/aromatic N) is 3. The number of halogens is 4. The van der Waals surface area contributed by atoms with Crippen LogP contribution in [-0.4, -0.2) is 49.1 Å². The lowest BCUT2D eigenvalue weighted by Crippen LogP contribution is -2.44. The molecule has 0 spiro atoms. The van der Waals surface area contributed by atoms with Crippen molar-refractivity contribution in [3.63, 3.8) is 0 Å². The van der Waals surface area contributed by atoms with E-state index in [0.717, 1.165) is 28.1 Å². The first kappa shape index (κ1) is 29.1.